The molecule has 44 heavy (non-hydrogen) atoms. The number of ether oxygens (including phenoxy) is 1. The molecule has 3 fully saturated rings. The number of para-hydroxylation sites is 4. The summed E-state index contributed by atoms with van der Waals surface area (Å²) in [4.78, 5) is 94.5. The van der Waals surface area contributed by atoms with Crippen molar-refractivity contribution in [3.63, 3.8) is 0 Å². The number of rotatable bonds is 6. The second-order valence-corrected chi connectivity index (χ2v) is 12.5. The molecule has 2 heterocycles. The van der Waals surface area contributed by atoms with Gasteiger partial charge < -0.3 is 4.74 Å². The predicted octanol–water partition coefficient (Wildman–Crippen LogP) is 3.46. The van der Waals surface area contributed by atoms with Crippen LogP contribution in [0.4, 0.5) is 22.7 Å². The molecule has 7 rings (SSSR count). The van der Waals surface area contributed by atoms with Gasteiger partial charge in [-0.2, -0.15) is 0 Å². The summed E-state index contributed by atoms with van der Waals surface area (Å²) in [6.07, 6.45) is 0. The zero-order valence-corrected chi connectivity index (χ0v) is 25.0. The van der Waals surface area contributed by atoms with Gasteiger partial charge in [0.2, 0.25) is 23.6 Å². The van der Waals surface area contributed by atoms with Crippen LogP contribution < -0.4 is 9.80 Å². The highest BCUT2D eigenvalue weighted by atomic mass is 79.9. The van der Waals surface area contributed by atoms with Gasteiger partial charge in [-0.25, -0.2) is 14.6 Å². The Morgan fingerprint density at radius 1 is 0.818 bits per heavy atom. The zero-order valence-electron chi connectivity index (χ0n) is 23.4. The number of esters is 1. The lowest BCUT2D eigenvalue weighted by molar-refractivity contribution is -0.384. The Morgan fingerprint density at radius 2 is 1.20 bits per heavy atom. The molecule has 4 amide bonds. The van der Waals surface area contributed by atoms with E-state index in [4.69, 9.17) is 4.74 Å². The van der Waals surface area contributed by atoms with Crippen LogP contribution in [-0.4, -0.2) is 50.4 Å². The maximum Gasteiger partial charge on any atom is 0.334 e. The molecule has 226 valence electrons. The van der Waals surface area contributed by atoms with Gasteiger partial charge in [-0.1, -0.05) is 47.1 Å². The van der Waals surface area contributed by atoms with Gasteiger partial charge in [-0.15, -0.1) is 0 Å². The average molecular weight is 667 g/mol. The lowest BCUT2D eigenvalue weighted by atomic mass is 9.43. The molecule has 0 spiro atoms. The van der Waals surface area contributed by atoms with Crippen LogP contribution in [0.25, 0.3) is 0 Å². The molecule has 3 aliphatic carbocycles. The standard InChI is InChI=1S/C29H23BrN4O10/c1-4-44-27(39)18-13(2)29(30)21-19(23(35)31(25(21)37)14-9-5-7-11-16(14)33(40)41)28(18,3)20-22(29)26(38)32(24(20)36)15-10-6-8-12-17(15)34(42)43/h5-12,19-22H,4H2,1-3H3/t19-,20+,21-,22-,28?,29?/m0/s1. The van der Waals surface area contributed by atoms with Crippen molar-refractivity contribution in [1.82, 2.24) is 0 Å². The summed E-state index contributed by atoms with van der Waals surface area (Å²) in [5, 5.41) is 23.7. The minimum Gasteiger partial charge on any atom is -0.463 e. The van der Waals surface area contributed by atoms with Gasteiger partial charge in [0.25, 0.3) is 11.4 Å². The predicted molar refractivity (Wildman–Crippen MR) is 154 cm³/mol. The number of hydrogen-bond acceptors (Lipinski definition) is 10. The summed E-state index contributed by atoms with van der Waals surface area (Å²) in [5.41, 5.74) is -3.32. The number of benzene rings is 2. The van der Waals surface area contributed by atoms with Crippen LogP contribution in [0.2, 0.25) is 0 Å². The van der Waals surface area contributed by atoms with E-state index in [0.29, 0.717) is 9.80 Å². The van der Waals surface area contributed by atoms with Crippen molar-refractivity contribution in [2.75, 3.05) is 16.4 Å². The number of hydrogen-bond donors (Lipinski definition) is 0. The van der Waals surface area contributed by atoms with Gasteiger partial charge >= 0.3 is 5.97 Å². The molecule has 0 aromatic heterocycles. The number of alkyl halides is 1. The maximum absolute atomic E-state index is 14.4. The van der Waals surface area contributed by atoms with Gasteiger partial charge in [0.1, 0.15) is 11.4 Å². The number of imide groups is 2. The quantitative estimate of drug-likeness (QED) is 0.145. The van der Waals surface area contributed by atoms with E-state index in [-0.39, 0.29) is 29.1 Å². The summed E-state index contributed by atoms with van der Waals surface area (Å²) in [6, 6.07) is 10.4. The van der Waals surface area contributed by atoms with Crippen molar-refractivity contribution in [3.8, 4) is 0 Å². The molecule has 15 heteroatoms. The van der Waals surface area contributed by atoms with Crippen LogP contribution in [0.15, 0.2) is 59.7 Å². The number of amides is 4. The molecule has 6 atom stereocenters. The monoisotopic (exact) mass is 666 g/mol. The molecular weight excluding hydrogens is 644 g/mol. The Bertz CT molecular complexity index is 1680. The van der Waals surface area contributed by atoms with E-state index in [2.05, 4.69) is 15.9 Å². The molecule has 2 aliphatic heterocycles. The zero-order chi connectivity index (χ0) is 32.0. The van der Waals surface area contributed by atoms with Crippen molar-refractivity contribution in [1.29, 1.82) is 0 Å². The first kappa shape index (κ1) is 29.3. The summed E-state index contributed by atoms with van der Waals surface area (Å²) >= 11 is 3.59. The number of anilines is 2. The molecule has 1 saturated carbocycles. The van der Waals surface area contributed by atoms with Crippen LogP contribution in [0.3, 0.4) is 0 Å². The first-order valence-corrected chi connectivity index (χ1v) is 14.4. The number of carbonyl (C=O) groups is 5. The highest BCUT2D eigenvalue weighted by Crippen LogP contribution is 2.73. The molecule has 2 unspecified atom stereocenters. The van der Waals surface area contributed by atoms with Crippen LogP contribution in [0.5, 0.6) is 0 Å². The SMILES string of the molecule is CCOC(=O)C1=C(C)C2(Br)[C@@H]3C(=O)N(c4ccccc4[N+](=O)[O-])C(=O)[C@H]3C1(C)[C@H]1C(=O)N(c3ccccc3[N+](=O)[O-])C(=O)[C@H]12. The maximum atomic E-state index is 14.4. The van der Waals surface area contributed by atoms with Crippen LogP contribution in [0, 0.1) is 49.3 Å². The first-order valence-electron chi connectivity index (χ1n) is 13.6. The van der Waals surface area contributed by atoms with E-state index < -0.39 is 84.2 Å². The Labute approximate surface area is 257 Å². The molecule has 2 aromatic rings. The number of nitro groups is 2. The first-order chi connectivity index (χ1) is 20.8. The number of allylic oxidation sites excluding steroid dienone is 1. The molecule has 0 N–H and O–H groups in total. The molecule has 5 aliphatic rings. The van der Waals surface area contributed by atoms with E-state index in [1.807, 2.05) is 0 Å². The number of halogens is 1. The van der Waals surface area contributed by atoms with Gasteiger partial charge in [-0.05, 0) is 31.6 Å². The van der Waals surface area contributed by atoms with E-state index in [1.165, 1.54) is 50.2 Å². The number of nitro benzene ring substituents is 2. The summed E-state index contributed by atoms with van der Waals surface area (Å²) < 4.78 is 3.54. The summed E-state index contributed by atoms with van der Waals surface area (Å²) in [7, 11) is 0. The smallest absolute Gasteiger partial charge is 0.334 e. The van der Waals surface area contributed by atoms with E-state index in [0.717, 1.165) is 12.1 Å². The van der Waals surface area contributed by atoms with Gasteiger partial charge in [0.05, 0.1) is 44.4 Å². The van der Waals surface area contributed by atoms with E-state index in [9.17, 15) is 44.2 Å². The minimum absolute atomic E-state index is 0.0619. The Balaban J connectivity index is 1.61. The Kier molecular flexibility index (Phi) is 6.39. The largest absolute Gasteiger partial charge is 0.463 e. The fraction of sp³-hybridized carbons (Fsp3) is 0.345. The Morgan fingerprint density at radius 3 is 1.59 bits per heavy atom. The lowest BCUT2D eigenvalue weighted by Gasteiger charge is -2.59. The summed E-state index contributed by atoms with van der Waals surface area (Å²) in [5.74, 6) is -9.96. The number of carbonyl (C=O) groups excluding carboxylic acids is 5. The van der Waals surface area contributed by atoms with Gasteiger partial charge in [-0.3, -0.25) is 39.4 Å². The van der Waals surface area contributed by atoms with Crippen LogP contribution in [-0.2, 0) is 28.7 Å². The van der Waals surface area contributed by atoms with Gasteiger partial charge in [0, 0.05) is 23.1 Å². The topological polar surface area (TPSA) is 187 Å². The van der Waals surface area contributed by atoms with Crippen molar-refractivity contribution in [2.45, 2.75) is 25.1 Å². The van der Waals surface area contributed by atoms with Crippen molar-refractivity contribution >= 4 is 68.3 Å². The van der Waals surface area contributed by atoms with Gasteiger partial charge in [0.15, 0.2) is 0 Å². The summed E-state index contributed by atoms with van der Waals surface area (Å²) in [6.45, 7) is 4.44. The third-order valence-corrected chi connectivity index (χ3v) is 11.0. The molecule has 2 bridgehead atoms. The van der Waals surface area contributed by atoms with Crippen LogP contribution in [0.1, 0.15) is 20.8 Å². The lowest BCUT2D eigenvalue weighted by Crippen LogP contribution is -2.67. The fourth-order valence-corrected chi connectivity index (χ4v) is 8.94. The average Bonchev–Trinajstić information content (AvgIpc) is 3.41. The second-order valence-electron chi connectivity index (χ2n) is 11.2. The normalized spacial score (nSPS) is 30.5. The minimum atomic E-state index is -1.82. The third-order valence-electron chi connectivity index (χ3n) is 9.42. The van der Waals surface area contributed by atoms with Crippen molar-refractivity contribution < 1.29 is 38.6 Å². The molecular formula is C29H23BrN4O10. The Hall–Kier alpha value is -4.79. The highest BCUT2D eigenvalue weighted by Gasteiger charge is 2.82. The highest BCUT2D eigenvalue weighted by molar-refractivity contribution is 9.10. The molecule has 2 aromatic carbocycles. The molecule has 2 saturated heterocycles. The number of nitrogens with zero attached hydrogens (tertiary/aromatic N) is 4. The third kappa shape index (κ3) is 3.38. The second kappa shape index (κ2) is 9.61. The van der Waals surface area contributed by atoms with E-state index in [1.54, 1.807) is 6.92 Å². The molecule has 0 radical (unpaired) electrons. The fourth-order valence-electron chi connectivity index (χ4n) is 7.82. The van der Waals surface area contributed by atoms with E-state index >= 15 is 0 Å². The molecule has 14 nitrogen and oxygen atoms in total. The van der Waals surface area contributed by atoms with Crippen LogP contribution >= 0.6 is 15.9 Å². The van der Waals surface area contributed by atoms with Crippen molar-refractivity contribution in [2.24, 2.45) is 29.1 Å². The van der Waals surface area contributed by atoms with Crippen molar-refractivity contribution in [3.05, 3.63) is 79.9 Å².